The molecule has 0 bridgehead atoms. The largest absolute Gasteiger partial charge is 0.331 e. The summed E-state index contributed by atoms with van der Waals surface area (Å²) in [5.41, 5.74) is 2.85. The Hall–Kier alpha value is -2.30. The van der Waals surface area contributed by atoms with Crippen molar-refractivity contribution in [3.8, 4) is 0 Å². The van der Waals surface area contributed by atoms with Crippen LogP contribution >= 0.6 is 0 Å². The average molecular weight is 286 g/mol. The van der Waals surface area contributed by atoms with Crippen molar-refractivity contribution in [3.05, 3.63) is 47.8 Å². The Morgan fingerprint density at radius 3 is 2.57 bits per heavy atom. The molecule has 0 aliphatic rings. The highest BCUT2D eigenvalue weighted by molar-refractivity contribution is 5.89. The summed E-state index contributed by atoms with van der Waals surface area (Å²) >= 11 is 0. The number of aromatic amines is 1. The fourth-order valence-electron chi connectivity index (χ4n) is 2.29. The van der Waals surface area contributed by atoms with Crippen LogP contribution in [-0.4, -0.2) is 16.2 Å². The molecule has 1 atom stereocenters. The number of aromatic nitrogens is 2. The van der Waals surface area contributed by atoms with Crippen LogP contribution < -0.4 is 10.6 Å². The highest BCUT2D eigenvalue weighted by Gasteiger charge is 2.28. The lowest BCUT2D eigenvalue weighted by Gasteiger charge is -2.33. The van der Waals surface area contributed by atoms with Crippen molar-refractivity contribution >= 4 is 11.7 Å². The molecule has 0 spiro atoms. The van der Waals surface area contributed by atoms with E-state index in [1.54, 1.807) is 12.4 Å². The van der Waals surface area contributed by atoms with E-state index in [1.165, 1.54) is 5.56 Å². The quantitative estimate of drug-likeness (QED) is 0.806. The number of benzene rings is 1. The Labute approximate surface area is 125 Å². The van der Waals surface area contributed by atoms with Gasteiger partial charge < -0.3 is 10.6 Å². The molecule has 21 heavy (non-hydrogen) atoms. The van der Waals surface area contributed by atoms with E-state index in [2.05, 4.69) is 60.7 Å². The van der Waals surface area contributed by atoms with Crippen LogP contribution in [0.4, 0.5) is 10.5 Å². The van der Waals surface area contributed by atoms with Gasteiger partial charge in [-0.15, -0.1) is 0 Å². The van der Waals surface area contributed by atoms with Crippen molar-refractivity contribution in [2.24, 2.45) is 5.41 Å². The Morgan fingerprint density at radius 1 is 1.29 bits per heavy atom. The molecule has 5 heteroatoms. The van der Waals surface area contributed by atoms with E-state index < -0.39 is 0 Å². The topological polar surface area (TPSA) is 69.8 Å². The van der Waals surface area contributed by atoms with Gasteiger partial charge in [0, 0.05) is 6.20 Å². The minimum absolute atomic E-state index is 0.0781. The van der Waals surface area contributed by atoms with Gasteiger partial charge in [0.15, 0.2) is 0 Å². The molecule has 1 aromatic heterocycles. The summed E-state index contributed by atoms with van der Waals surface area (Å²) in [6, 6.07) is 7.80. The first kappa shape index (κ1) is 15.1. The maximum Gasteiger partial charge on any atom is 0.319 e. The van der Waals surface area contributed by atoms with Crippen molar-refractivity contribution < 1.29 is 4.79 Å². The second kappa shape index (κ2) is 5.99. The normalized spacial score (nSPS) is 12.8. The molecule has 3 N–H and O–H groups in total. The van der Waals surface area contributed by atoms with Crippen LogP contribution in [-0.2, 0) is 0 Å². The zero-order valence-electron chi connectivity index (χ0n) is 12.9. The molecule has 0 radical (unpaired) electrons. The number of amides is 2. The van der Waals surface area contributed by atoms with E-state index in [0.717, 1.165) is 5.56 Å². The average Bonchev–Trinajstić information content (AvgIpc) is 2.88. The summed E-state index contributed by atoms with van der Waals surface area (Å²) in [6.45, 7) is 8.40. The van der Waals surface area contributed by atoms with Crippen LogP contribution in [0.1, 0.15) is 37.9 Å². The molecule has 0 aliphatic carbocycles. The summed E-state index contributed by atoms with van der Waals surface area (Å²) in [5, 5.41) is 12.3. The molecule has 0 fully saturated rings. The third-order valence-electron chi connectivity index (χ3n) is 3.40. The highest BCUT2D eigenvalue weighted by Crippen LogP contribution is 2.34. The van der Waals surface area contributed by atoms with Gasteiger partial charge in [-0.1, -0.05) is 45.0 Å². The number of carbonyl (C=O) groups excluding carboxylic acids is 1. The third-order valence-corrected chi connectivity index (χ3v) is 3.40. The number of hydrogen-bond donors (Lipinski definition) is 3. The van der Waals surface area contributed by atoms with Gasteiger partial charge in [0.25, 0.3) is 0 Å². The zero-order valence-corrected chi connectivity index (χ0v) is 12.9. The lowest BCUT2D eigenvalue weighted by atomic mass is 9.81. The molecule has 1 aromatic carbocycles. The minimum Gasteiger partial charge on any atom is -0.331 e. The first-order valence-corrected chi connectivity index (χ1v) is 7.00. The first-order valence-electron chi connectivity index (χ1n) is 7.00. The van der Waals surface area contributed by atoms with Crippen molar-refractivity contribution in [1.29, 1.82) is 0 Å². The number of nitrogens with one attached hydrogen (secondary N) is 3. The van der Waals surface area contributed by atoms with Gasteiger partial charge in [0.1, 0.15) is 0 Å². The van der Waals surface area contributed by atoms with Crippen molar-refractivity contribution in [2.45, 2.75) is 33.7 Å². The number of urea groups is 1. The number of hydrogen-bond acceptors (Lipinski definition) is 2. The van der Waals surface area contributed by atoms with E-state index in [0.29, 0.717) is 5.69 Å². The number of H-pyrrole nitrogens is 1. The predicted octanol–water partition coefficient (Wildman–Crippen LogP) is 3.63. The van der Waals surface area contributed by atoms with Gasteiger partial charge in [-0.2, -0.15) is 5.10 Å². The standard InChI is InChI=1S/C16H22N4O/c1-11-7-5-6-8-13(11)14(16(2,3)4)20-15(21)19-12-9-17-18-10-12/h5-10,14H,1-4H3,(H,17,18)(H2,19,20,21). The van der Waals surface area contributed by atoms with Crippen LogP contribution in [0.3, 0.4) is 0 Å². The van der Waals surface area contributed by atoms with Gasteiger partial charge in [-0.05, 0) is 23.5 Å². The fraction of sp³-hybridized carbons (Fsp3) is 0.375. The molecule has 2 amide bonds. The second-order valence-corrected chi connectivity index (χ2v) is 6.24. The third kappa shape index (κ3) is 3.84. The SMILES string of the molecule is Cc1ccccc1C(NC(=O)Nc1cn[nH]c1)C(C)(C)C. The van der Waals surface area contributed by atoms with E-state index in [-0.39, 0.29) is 17.5 Å². The van der Waals surface area contributed by atoms with Crippen LogP contribution in [0.15, 0.2) is 36.7 Å². The second-order valence-electron chi connectivity index (χ2n) is 6.24. The molecule has 5 nitrogen and oxygen atoms in total. The van der Waals surface area contributed by atoms with Crippen LogP contribution in [0.5, 0.6) is 0 Å². The molecule has 112 valence electrons. The van der Waals surface area contributed by atoms with E-state index >= 15 is 0 Å². The summed E-state index contributed by atoms with van der Waals surface area (Å²) in [4.78, 5) is 12.2. The van der Waals surface area contributed by atoms with E-state index in [1.807, 2.05) is 12.1 Å². The van der Waals surface area contributed by atoms with Gasteiger partial charge in [0.05, 0.1) is 17.9 Å². The van der Waals surface area contributed by atoms with Crippen LogP contribution in [0.25, 0.3) is 0 Å². The number of aryl methyl sites for hydroxylation is 1. The van der Waals surface area contributed by atoms with Gasteiger partial charge in [-0.3, -0.25) is 5.10 Å². The smallest absolute Gasteiger partial charge is 0.319 e. The number of anilines is 1. The molecular formula is C16H22N4O. The monoisotopic (exact) mass is 286 g/mol. The van der Waals surface area contributed by atoms with Gasteiger partial charge in [-0.25, -0.2) is 4.79 Å². The maximum atomic E-state index is 12.2. The number of carbonyl (C=O) groups is 1. The number of nitrogens with zero attached hydrogens (tertiary/aromatic N) is 1. The number of rotatable bonds is 3. The Balaban J connectivity index is 2.18. The molecule has 2 aromatic rings. The van der Waals surface area contributed by atoms with E-state index in [9.17, 15) is 4.79 Å². The van der Waals surface area contributed by atoms with Crippen LogP contribution in [0.2, 0.25) is 0 Å². The summed E-state index contributed by atoms with van der Waals surface area (Å²) in [5.74, 6) is 0. The molecule has 2 rings (SSSR count). The molecule has 0 aliphatic heterocycles. The summed E-state index contributed by atoms with van der Waals surface area (Å²) < 4.78 is 0. The highest BCUT2D eigenvalue weighted by atomic mass is 16.2. The summed E-state index contributed by atoms with van der Waals surface area (Å²) in [6.07, 6.45) is 3.21. The molecule has 0 saturated carbocycles. The molecule has 1 unspecified atom stereocenters. The first-order chi connectivity index (χ1) is 9.88. The minimum atomic E-state index is -0.237. The molecule has 1 heterocycles. The maximum absolute atomic E-state index is 12.2. The lowest BCUT2D eigenvalue weighted by molar-refractivity contribution is 0.229. The van der Waals surface area contributed by atoms with Gasteiger partial charge in [0.2, 0.25) is 0 Å². The molecular weight excluding hydrogens is 264 g/mol. The summed E-state index contributed by atoms with van der Waals surface area (Å²) in [7, 11) is 0. The van der Waals surface area contributed by atoms with Crippen molar-refractivity contribution in [1.82, 2.24) is 15.5 Å². The fourth-order valence-corrected chi connectivity index (χ4v) is 2.29. The predicted molar refractivity (Wildman–Crippen MR) is 84.1 cm³/mol. The Kier molecular flexibility index (Phi) is 4.31. The van der Waals surface area contributed by atoms with Crippen molar-refractivity contribution in [3.63, 3.8) is 0 Å². The van der Waals surface area contributed by atoms with Crippen LogP contribution in [0, 0.1) is 12.3 Å². The van der Waals surface area contributed by atoms with E-state index in [4.69, 9.17) is 0 Å². The zero-order chi connectivity index (χ0) is 15.5. The Bertz CT molecular complexity index is 599. The Morgan fingerprint density at radius 2 is 2.00 bits per heavy atom. The lowest BCUT2D eigenvalue weighted by Crippen LogP contribution is -2.39. The molecule has 0 saturated heterocycles. The van der Waals surface area contributed by atoms with Crippen molar-refractivity contribution in [2.75, 3.05) is 5.32 Å². The van der Waals surface area contributed by atoms with Gasteiger partial charge >= 0.3 is 6.03 Å².